The van der Waals surface area contributed by atoms with E-state index in [4.69, 9.17) is 0 Å². The molecule has 5 nitrogen and oxygen atoms in total. The van der Waals surface area contributed by atoms with Gasteiger partial charge in [-0.05, 0) is 12.1 Å². The molecule has 1 aromatic carbocycles. The summed E-state index contributed by atoms with van der Waals surface area (Å²) in [5.41, 5.74) is 2.21. The minimum atomic E-state index is -0.362. The summed E-state index contributed by atoms with van der Waals surface area (Å²) in [5.74, 6) is 0.00643. The van der Waals surface area contributed by atoms with Gasteiger partial charge in [0, 0.05) is 43.8 Å². The molecule has 0 N–H and O–H groups in total. The maximum Gasteiger partial charge on any atom is 0.191 e. The molecule has 1 aliphatic rings. The maximum absolute atomic E-state index is 14.9. The number of hydrogen-bond acceptors (Lipinski definition) is 5. The Morgan fingerprint density at radius 2 is 1.76 bits per heavy atom. The molecule has 126 valence electrons. The van der Waals surface area contributed by atoms with E-state index in [0.717, 1.165) is 24.3 Å². The Morgan fingerprint density at radius 3 is 2.48 bits per heavy atom. The summed E-state index contributed by atoms with van der Waals surface area (Å²) < 4.78 is 14.9. The average molecular weight is 335 g/mol. The number of pyridine rings is 1. The van der Waals surface area contributed by atoms with E-state index >= 15 is 0 Å². The first-order chi connectivity index (χ1) is 12.2. The van der Waals surface area contributed by atoms with Gasteiger partial charge >= 0.3 is 0 Å². The van der Waals surface area contributed by atoms with Crippen molar-refractivity contribution in [3.63, 3.8) is 0 Å². The molecule has 0 atom stereocenters. The van der Waals surface area contributed by atoms with Crippen LogP contribution in [0.5, 0.6) is 0 Å². The molecule has 0 spiro atoms. The highest BCUT2D eigenvalue weighted by Gasteiger charge is 2.33. The van der Waals surface area contributed by atoms with Crippen molar-refractivity contribution in [3.8, 4) is 11.3 Å². The van der Waals surface area contributed by atoms with Gasteiger partial charge in [0.2, 0.25) is 0 Å². The van der Waals surface area contributed by atoms with E-state index in [1.54, 1.807) is 12.4 Å². The highest BCUT2D eigenvalue weighted by Crippen LogP contribution is 2.30. The number of halogens is 1. The monoisotopic (exact) mass is 335 g/mol. The molecule has 0 unspecified atom stereocenters. The second kappa shape index (κ2) is 6.47. The fourth-order valence-electron chi connectivity index (χ4n) is 3.04. The third-order valence-electron chi connectivity index (χ3n) is 4.60. The fourth-order valence-corrected chi connectivity index (χ4v) is 3.04. The number of benzene rings is 1. The Morgan fingerprint density at radius 1 is 1.04 bits per heavy atom. The van der Waals surface area contributed by atoms with Gasteiger partial charge in [-0.1, -0.05) is 30.3 Å². The van der Waals surface area contributed by atoms with Gasteiger partial charge in [-0.2, -0.15) is 0 Å². The van der Waals surface area contributed by atoms with E-state index in [1.165, 1.54) is 6.33 Å². The van der Waals surface area contributed by atoms with Gasteiger partial charge in [0.1, 0.15) is 12.0 Å². The molecule has 3 aromatic rings. The van der Waals surface area contributed by atoms with Crippen LogP contribution in [-0.4, -0.2) is 41.1 Å². The first-order valence-corrected chi connectivity index (χ1v) is 8.18. The number of aromatic nitrogens is 3. The molecule has 0 amide bonds. The Hall–Kier alpha value is -3.02. The molecule has 2 aromatic heterocycles. The van der Waals surface area contributed by atoms with Crippen LogP contribution in [0, 0.1) is 5.82 Å². The van der Waals surface area contributed by atoms with Crippen molar-refractivity contribution in [1.82, 2.24) is 15.0 Å². The van der Waals surface area contributed by atoms with Crippen LogP contribution in [0.15, 0.2) is 61.2 Å². The number of hydrogen-bond donors (Lipinski definition) is 0. The van der Waals surface area contributed by atoms with E-state index in [0.29, 0.717) is 17.6 Å². The molecular weight excluding hydrogens is 317 g/mol. The second-order valence-electron chi connectivity index (χ2n) is 6.10. The minimum Gasteiger partial charge on any atom is -0.368 e. The van der Waals surface area contributed by atoms with Crippen molar-refractivity contribution in [2.24, 2.45) is 0 Å². The van der Waals surface area contributed by atoms with Gasteiger partial charge < -0.3 is 9.80 Å². The zero-order valence-electron chi connectivity index (χ0n) is 13.9. The van der Waals surface area contributed by atoms with E-state index < -0.39 is 0 Å². The Balaban J connectivity index is 1.51. The second-order valence-corrected chi connectivity index (χ2v) is 6.10. The molecule has 25 heavy (non-hydrogen) atoms. The standard InChI is InChI=1S/C19H18FN5/c1-24(15-7-9-21-10-8-15)16-11-25(12-16)19-17(20)18(22-13-23-19)14-5-3-2-4-6-14/h2-10,13,16H,11-12H2,1H3. The largest absolute Gasteiger partial charge is 0.368 e. The third-order valence-corrected chi connectivity index (χ3v) is 4.60. The van der Waals surface area contributed by atoms with Crippen LogP contribution in [0.2, 0.25) is 0 Å². The Bertz CT molecular complexity index is 850. The van der Waals surface area contributed by atoms with E-state index in [-0.39, 0.29) is 5.82 Å². The lowest BCUT2D eigenvalue weighted by molar-refractivity contribution is 0.479. The fraction of sp³-hybridized carbons (Fsp3) is 0.211. The molecule has 1 aliphatic heterocycles. The van der Waals surface area contributed by atoms with E-state index in [9.17, 15) is 4.39 Å². The highest BCUT2D eigenvalue weighted by atomic mass is 19.1. The number of likely N-dealkylation sites (N-methyl/N-ethyl adjacent to an activating group) is 1. The van der Waals surface area contributed by atoms with Crippen LogP contribution < -0.4 is 9.80 Å². The maximum atomic E-state index is 14.9. The first kappa shape index (κ1) is 15.5. The van der Waals surface area contributed by atoms with Crippen molar-refractivity contribution < 1.29 is 4.39 Å². The minimum absolute atomic E-state index is 0.317. The van der Waals surface area contributed by atoms with E-state index in [1.807, 2.05) is 54.4 Å². The Kier molecular flexibility index (Phi) is 4.01. The van der Waals surface area contributed by atoms with Crippen molar-refractivity contribution in [2.45, 2.75) is 6.04 Å². The summed E-state index contributed by atoms with van der Waals surface area (Å²) in [6.45, 7) is 1.45. The lowest BCUT2D eigenvalue weighted by Gasteiger charge is -2.45. The normalized spacial score (nSPS) is 14.2. The smallest absolute Gasteiger partial charge is 0.191 e. The topological polar surface area (TPSA) is 45.2 Å². The van der Waals surface area contributed by atoms with Gasteiger partial charge in [-0.15, -0.1) is 0 Å². The van der Waals surface area contributed by atoms with Crippen LogP contribution in [0.3, 0.4) is 0 Å². The average Bonchev–Trinajstić information content (AvgIpc) is 2.63. The van der Waals surface area contributed by atoms with Crippen LogP contribution in [0.4, 0.5) is 15.9 Å². The van der Waals surface area contributed by atoms with Gasteiger partial charge in [0.25, 0.3) is 0 Å². The molecule has 0 bridgehead atoms. The van der Waals surface area contributed by atoms with Crippen molar-refractivity contribution >= 4 is 11.5 Å². The van der Waals surface area contributed by atoms with Gasteiger partial charge in [0.15, 0.2) is 11.6 Å². The van der Waals surface area contributed by atoms with Crippen molar-refractivity contribution in [3.05, 3.63) is 67.0 Å². The molecule has 0 aliphatic carbocycles. The molecule has 0 radical (unpaired) electrons. The third kappa shape index (κ3) is 2.91. The zero-order chi connectivity index (χ0) is 17.2. The summed E-state index contributed by atoms with van der Waals surface area (Å²) in [7, 11) is 2.04. The van der Waals surface area contributed by atoms with E-state index in [2.05, 4.69) is 19.9 Å². The summed E-state index contributed by atoms with van der Waals surface area (Å²) in [4.78, 5) is 16.5. The lowest BCUT2D eigenvalue weighted by Crippen LogP contribution is -2.59. The summed E-state index contributed by atoms with van der Waals surface area (Å²) in [5, 5.41) is 0. The van der Waals surface area contributed by atoms with Crippen molar-refractivity contribution in [2.75, 3.05) is 29.9 Å². The zero-order valence-corrected chi connectivity index (χ0v) is 13.9. The molecule has 1 fully saturated rings. The number of nitrogens with zero attached hydrogens (tertiary/aromatic N) is 5. The van der Waals surface area contributed by atoms with Crippen LogP contribution in [-0.2, 0) is 0 Å². The van der Waals surface area contributed by atoms with Crippen molar-refractivity contribution in [1.29, 1.82) is 0 Å². The molecule has 1 saturated heterocycles. The van der Waals surface area contributed by atoms with Gasteiger partial charge in [-0.25, -0.2) is 14.4 Å². The summed E-state index contributed by atoms with van der Waals surface area (Å²) in [6, 6.07) is 13.6. The first-order valence-electron chi connectivity index (χ1n) is 8.18. The van der Waals surface area contributed by atoms with Crippen LogP contribution in [0.25, 0.3) is 11.3 Å². The molecular formula is C19H18FN5. The quantitative estimate of drug-likeness (QED) is 0.733. The summed E-state index contributed by atoms with van der Waals surface area (Å²) >= 11 is 0. The SMILES string of the molecule is CN(c1ccncc1)C1CN(c2ncnc(-c3ccccc3)c2F)C1. The molecule has 0 saturated carbocycles. The van der Waals surface area contributed by atoms with Crippen LogP contribution in [0.1, 0.15) is 0 Å². The number of rotatable bonds is 4. The predicted molar refractivity (Wildman–Crippen MR) is 96.1 cm³/mol. The molecule has 6 heteroatoms. The van der Waals surface area contributed by atoms with Gasteiger partial charge in [-0.3, -0.25) is 4.98 Å². The predicted octanol–water partition coefficient (Wildman–Crippen LogP) is 3.00. The summed E-state index contributed by atoms with van der Waals surface area (Å²) in [6.07, 6.45) is 4.98. The number of anilines is 2. The molecule has 4 rings (SSSR count). The van der Waals surface area contributed by atoms with Crippen LogP contribution >= 0.6 is 0 Å². The Labute approximate surface area is 145 Å². The molecule has 3 heterocycles. The highest BCUT2D eigenvalue weighted by molar-refractivity contribution is 5.64. The van der Waals surface area contributed by atoms with Gasteiger partial charge in [0.05, 0.1) is 6.04 Å². The lowest BCUT2D eigenvalue weighted by atomic mass is 10.1.